The molecule has 0 aliphatic heterocycles. The number of imidazole rings is 1. The third-order valence-electron chi connectivity index (χ3n) is 4.27. The Morgan fingerprint density at radius 2 is 2.04 bits per heavy atom. The second-order valence-corrected chi connectivity index (χ2v) is 8.62. The molecule has 0 radical (unpaired) electrons. The van der Waals surface area contributed by atoms with Crippen molar-refractivity contribution in [2.45, 2.75) is 13.8 Å². The van der Waals surface area contributed by atoms with Gasteiger partial charge in [0.25, 0.3) is 5.91 Å². The Labute approximate surface area is 152 Å². The second kappa shape index (κ2) is 7.29. The summed E-state index contributed by atoms with van der Waals surface area (Å²) in [5, 5.41) is 2.67. The molecule has 1 aromatic carbocycles. The standard InChI is InChI=1S/C19H21N3O3S/c1-3-26(24,25)10-8-21-19(23)16-6-4-5-15(12-16)17-11-14(2)18-20-7-9-22(18)13-17/h4-7,9,11-13H,3,8,10H2,1-2H3,(H,21,23). The van der Waals surface area contributed by atoms with Crippen LogP contribution in [0.4, 0.5) is 0 Å². The molecule has 0 aliphatic carbocycles. The van der Waals surface area contributed by atoms with E-state index in [4.69, 9.17) is 0 Å². The van der Waals surface area contributed by atoms with E-state index in [1.54, 1.807) is 25.3 Å². The minimum atomic E-state index is -3.09. The summed E-state index contributed by atoms with van der Waals surface area (Å²) in [6.45, 7) is 3.70. The second-order valence-electron chi connectivity index (χ2n) is 6.14. The predicted molar refractivity (Wildman–Crippen MR) is 102 cm³/mol. The maximum atomic E-state index is 12.3. The van der Waals surface area contributed by atoms with Crippen molar-refractivity contribution < 1.29 is 13.2 Å². The van der Waals surface area contributed by atoms with E-state index in [0.717, 1.165) is 22.3 Å². The van der Waals surface area contributed by atoms with Crippen LogP contribution in [0.1, 0.15) is 22.8 Å². The number of aromatic nitrogens is 2. The molecule has 3 aromatic rings. The fourth-order valence-corrected chi connectivity index (χ4v) is 3.47. The van der Waals surface area contributed by atoms with Crippen LogP contribution in [0.3, 0.4) is 0 Å². The van der Waals surface area contributed by atoms with Crippen molar-refractivity contribution in [3.63, 3.8) is 0 Å². The number of sulfone groups is 1. The molecule has 0 saturated heterocycles. The molecule has 26 heavy (non-hydrogen) atoms. The zero-order chi connectivity index (χ0) is 18.7. The maximum Gasteiger partial charge on any atom is 0.251 e. The summed E-state index contributed by atoms with van der Waals surface area (Å²) in [5.74, 6) is -0.251. The number of rotatable bonds is 6. The molecule has 0 saturated carbocycles. The van der Waals surface area contributed by atoms with Crippen LogP contribution in [0.5, 0.6) is 0 Å². The number of nitrogens with one attached hydrogen (secondary N) is 1. The van der Waals surface area contributed by atoms with E-state index in [1.807, 2.05) is 41.9 Å². The molecule has 0 aliphatic rings. The van der Waals surface area contributed by atoms with Gasteiger partial charge in [-0.15, -0.1) is 0 Å². The smallest absolute Gasteiger partial charge is 0.251 e. The number of hydrogen-bond acceptors (Lipinski definition) is 4. The summed E-state index contributed by atoms with van der Waals surface area (Å²) in [5.41, 5.74) is 4.35. The fraction of sp³-hybridized carbons (Fsp3) is 0.263. The molecular weight excluding hydrogens is 350 g/mol. The Hall–Kier alpha value is -2.67. The molecule has 1 N–H and O–H groups in total. The topological polar surface area (TPSA) is 80.5 Å². The van der Waals surface area contributed by atoms with Crippen molar-refractivity contribution in [1.29, 1.82) is 0 Å². The third kappa shape index (κ3) is 3.94. The van der Waals surface area contributed by atoms with Crippen LogP contribution in [-0.4, -0.2) is 41.8 Å². The van der Waals surface area contributed by atoms with Crippen LogP contribution in [0.2, 0.25) is 0 Å². The van der Waals surface area contributed by atoms with Crippen LogP contribution in [0, 0.1) is 6.92 Å². The first-order valence-corrected chi connectivity index (χ1v) is 10.2. The first-order valence-electron chi connectivity index (χ1n) is 8.42. The molecule has 0 fully saturated rings. The van der Waals surface area contributed by atoms with E-state index < -0.39 is 9.84 Å². The highest BCUT2D eigenvalue weighted by Crippen LogP contribution is 2.23. The van der Waals surface area contributed by atoms with Crippen molar-refractivity contribution in [3.05, 3.63) is 60.0 Å². The number of amides is 1. The zero-order valence-corrected chi connectivity index (χ0v) is 15.6. The lowest BCUT2D eigenvalue weighted by Gasteiger charge is -2.09. The highest BCUT2D eigenvalue weighted by Gasteiger charge is 2.11. The number of fused-ring (bicyclic) bond motifs is 1. The SMILES string of the molecule is CCS(=O)(=O)CCNC(=O)c1cccc(-c2cc(C)c3nccn3c2)c1. The van der Waals surface area contributed by atoms with Crippen molar-refractivity contribution in [2.75, 3.05) is 18.1 Å². The van der Waals surface area contributed by atoms with Crippen molar-refractivity contribution in [3.8, 4) is 11.1 Å². The highest BCUT2D eigenvalue weighted by molar-refractivity contribution is 7.91. The molecule has 1 amide bonds. The zero-order valence-electron chi connectivity index (χ0n) is 14.8. The Morgan fingerprint density at radius 1 is 1.23 bits per heavy atom. The number of hydrogen-bond donors (Lipinski definition) is 1. The van der Waals surface area contributed by atoms with Crippen molar-refractivity contribution >= 4 is 21.4 Å². The van der Waals surface area contributed by atoms with Gasteiger partial charge in [-0.1, -0.05) is 19.1 Å². The minimum Gasteiger partial charge on any atom is -0.351 e. The normalized spacial score (nSPS) is 11.6. The first kappa shape index (κ1) is 18.1. The number of pyridine rings is 1. The van der Waals surface area contributed by atoms with E-state index in [2.05, 4.69) is 10.3 Å². The van der Waals surface area contributed by atoms with Crippen LogP contribution >= 0.6 is 0 Å². The number of benzene rings is 1. The Bertz CT molecular complexity index is 1050. The Kier molecular flexibility index (Phi) is 5.08. The Morgan fingerprint density at radius 3 is 2.81 bits per heavy atom. The molecule has 0 atom stereocenters. The molecular formula is C19H21N3O3S. The summed E-state index contributed by atoms with van der Waals surface area (Å²) < 4.78 is 25.0. The van der Waals surface area contributed by atoms with Gasteiger partial charge in [0.2, 0.25) is 0 Å². The van der Waals surface area contributed by atoms with Gasteiger partial charge in [0.1, 0.15) is 5.65 Å². The van der Waals surface area contributed by atoms with Gasteiger partial charge in [0.05, 0.1) is 5.75 Å². The van der Waals surface area contributed by atoms with Crippen molar-refractivity contribution in [2.24, 2.45) is 0 Å². The van der Waals surface area contributed by atoms with E-state index in [1.165, 1.54) is 0 Å². The molecule has 0 unspecified atom stereocenters. The lowest BCUT2D eigenvalue weighted by atomic mass is 10.0. The van der Waals surface area contributed by atoms with Gasteiger partial charge in [-0.2, -0.15) is 0 Å². The number of nitrogens with zero attached hydrogens (tertiary/aromatic N) is 2. The minimum absolute atomic E-state index is 0.0502. The molecule has 7 heteroatoms. The summed E-state index contributed by atoms with van der Waals surface area (Å²) in [6, 6.07) is 9.32. The lowest BCUT2D eigenvalue weighted by molar-refractivity contribution is 0.0956. The monoisotopic (exact) mass is 371 g/mol. The van der Waals surface area contributed by atoms with Crippen LogP contribution < -0.4 is 5.32 Å². The molecule has 2 aromatic heterocycles. The van der Waals surface area contributed by atoms with Gasteiger partial charge < -0.3 is 9.72 Å². The molecule has 136 valence electrons. The largest absolute Gasteiger partial charge is 0.351 e. The van der Waals surface area contributed by atoms with Gasteiger partial charge in [0, 0.05) is 36.5 Å². The summed E-state index contributed by atoms with van der Waals surface area (Å²) >= 11 is 0. The summed E-state index contributed by atoms with van der Waals surface area (Å²) in [6.07, 6.45) is 5.61. The molecule has 0 bridgehead atoms. The summed E-state index contributed by atoms with van der Waals surface area (Å²) in [4.78, 5) is 16.6. The molecule has 6 nitrogen and oxygen atoms in total. The highest BCUT2D eigenvalue weighted by atomic mass is 32.2. The van der Waals surface area contributed by atoms with E-state index in [-0.39, 0.29) is 24.0 Å². The van der Waals surface area contributed by atoms with Crippen LogP contribution in [0.15, 0.2) is 48.9 Å². The van der Waals surface area contributed by atoms with E-state index in [0.29, 0.717) is 5.56 Å². The quantitative estimate of drug-likeness (QED) is 0.722. The maximum absolute atomic E-state index is 12.3. The predicted octanol–water partition coefficient (Wildman–Crippen LogP) is 2.47. The Balaban J connectivity index is 1.80. The van der Waals surface area contributed by atoms with Crippen molar-refractivity contribution in [1.82, 2.24) is 14.7 Å². The lowest BCUT2D eigenvalue weighted by Crippen LogP contribution is -2.29. The van der Waals surface area contributed by atoms with Gasteiger partial charge in [-0.25, -0.2) is 13.4 Å². The van der Waals surface area contributed by atoms with E-state index in [9.17, 15) is 13.2 Å². The third-order valence-corrected chi connectivity index (χ3v) is 5.97. The van der Waals surface area contributed by atoms with E-state index >= 15 is 0 Å². The van der Waals surface area contributed by atoms with Gasteiger partial charge in [-0.05, 0) is 41.8 Å². The van der Waals surface area contributed by atoms with Gasteiger partial charge in [-0.3, -0.25) is 4.79 Å². The molecule has 0 spiro atoms. The summed E-state index contributed by atoms with van der Waals surface area (Å²) in [7, 11) is -3.09. The fourth-order valence-electron chi connectivity index (χ4n) is 2.77. The number of carbonyl (C=O) groups is 1. The molecule has 3 rings (SSSR count). The van der Waals surface area contributed by atoms with Gasteiger partial charge >= 0.3 is 0 Å². The molecule has 2 heterocycles. The van der Waals surface area contributed by atoms with Crippen LogP contribution in [0.25, 0.3) is 16.8 Å². The number of carbonyl (C=O) groups excluding carboxylic acids is 1. The van der Waals surface area contributed by atoms with Gasteiger partial charge in [0.15, 0.2) is 9.84 Å². The average molecular weight is 371 g/mol. The average Bonchev–Trinajstić information content (AvgIpc) is 3.11. The van der Waals surface area contributed by atoms with Crippen LogP contribution in [-0.2, 0) is 9.84 Å². The first-order chi connectivity index (χ1) is 12.4. The number of aryl methyl sites for hydroxylation is 1.